The van der Waals surface area contributed by atoms with Gasteiger partial charge in [-0.05, 0) is 18.8 Å². The number of ketones is 1. The highest BCUT2D eigenvalue weighted by atomic mass is 16.5. The molecule has 0 saturated heterocycles. The average Bonchev–Trinajstić information content (AvgIpc) is 2.24. The largest absolute Gasteiger partial charge is 0.466 e. The fourth-order valence-corrected chi connectivity index (χ4v) is 2.04. The zero-order chi connectivity index (χ0) is 14.8. The quantitative estimate of drug-likeness (QED) is 0.573. The summed E-state index contributed by atoms with van der Waals surface area (Å²) in [5, 5.41) is 0. The molecule has 0 radical (unpaired) electrons. The Labute approximate surface area is 117 Å². The van der Waals surface area contributed by atoms with Gasteiger partial charge in [-0.3, -0.25) is 14.5 Å². The summed E-state index contributed by atoms with van der Waals surface area (Å²) in [6, 6.07) is 0. The molecule has 4 nitrogen and oxygen atoms in total. The number of Topliss-reactive ketones (excluding diaryl/α,β-unsaturated/α-hetero) is 1. The van der Waals surface area contributed by atoms with Crippen molar-refractivity contribution in [1.29, 1.82) is 0 Å². The van der Waals surface area contributed by atoms with Crippen LogP contribution in [0.2, 0.25) is 0 Å². The summed E-state index contributed by atoms with van der Waals surface area (Å²) in [6.07, 6.45) is 0.482. The zero-order valence-electron chi connectivity index (χ0n) is 13.1. The predicted molar refractivity (Wildman–Crippen MR) is 77.0 cm³/mol. The van der Waals surface area contributed by atoms with E-state index in [1.54, 1.807) is 6.92 Å². The summed E-state index contributed by atoms with van der Waals surface area (Å²) in [4.78, 5) is 25.3. The van der Waals surface area contributed by atoms with E-state index in [9.17, 15) is 9.59 Å². The first kappa shape index (κ1) is 18.1. The summed E-state index contributed by atoms with van der Waals surface area (Å²) >= 11 is 0. The fourth-order valence-electron chi connectivity index (χ4n) is 2.04. The Balaban J connectivity index is 4.11. The Kier molecular flexibility index (Phi) is 9.48. The van der Waals surface area contributed by atoms with E-state index < -0.39 is 0 Å². The van der Waals surface area contributed by atoms with Crippen molar-refractivity contribution < 1.29 is 14.3 Å². The van der Waals surface area contributed by atoms with Crippen LogP contribution < -0.4 is 0 Å². The molecule has 0 bridgehead atoms. The van der Waals surface area contributed by atoms with E-state index >= 15 is 0 Å². The van der Waals surface area contributed by atoms with Crippen LogP contribution in [0, 0.1) is 11.8 Å². The van der Waals surface area contributed by atoms with Gasteiger partial charge >= 0.3 is 5.97 Å². The maximum absolute atomic E-state index is 11.9. The monoisotopic (exact) mass is 271 g/mol. The highest BCUT2D eigenvalue weighted by Gasteiger charge is 2.15. The second-order valence-electron chi connectivity index (χ2n) is 5.83. The summed E-state index contributed by atoms with van der Waals surface area (Å²) in [5.74, 6) is 0.915. The fraction of sp³-hybridized carbons (Fsp3) is 0.867. The maximum atomic E-state index is 11.9. The molecular formula is C15H29NO3. The van der Waals surface area contributed by atoms with E-state index in [0.29, 0.717) is 25.0 Å². The molecule has 0 spiro atoms. The minimum Gasteiger partial charge on any atom is -0.466 e. The second kappa shape index (κ2) is 9.96. The summed E-state index contributed by atoms with van der Waals surface area (Å²) in [6.45, 7) is 13.0. The van der Waals surface area contributed by atoms with Gasteiger partial charge in [0, 0.05) is 19.5 Å². The van der Waals surface area contributed by atoms with Crippen molar-refractivity contribution >= 4 is 11.8 Å². The van der Waals surface area contributed by atoms with Crippen LogP contribution in [-0.4, -0.2) is 42.9 Å². The van der Waals surface area contributed by atoms with Gasteiger partial charge < -0.3 is 4.74 Å². The molecule has 0 fully saturated rings. The molecule has 4 heteroatoms. The molecule has 0 aromatic rings. The number of carbonyl (C=O) groups is 2. The Morgan fingerprint density at radius 3 is 1.95 bits per heavy atom. The van der Waals surface area contributed by atoms with Gasteiger partial charge in [-0.2, -0.15) is 0 Å². The standard InChI is InChI=1S/C15H29NO3/c1-6-19-15(18)8-7-14(17)11-16(9-12(2)3)10-13(4)5/h12-13H,6-11H2,1-5H3. The SMILES string of the molecule is CCOC(=O)CCC(=O)CN(CC(C)C)CC(C)C. The number of hydrogen-bond donors (Lipinski definition) is 0. The van der Waals surface area contributed by atoms with Gasteiger partial charge in [-0.1, -0.05) is 27.7 Å². The minimum atomic E-state index is -0.282. The predicted octanol–water partition coefficient (Wildman–Crippen LogP) is 2.51. The molecule has 0 atom stereocenters. The number of ether oxygens (including phenoxy) is 1. The van der Waals surface area contributed by atoms with Crippen molar-refractivity contribution in [3.8, 4) is 0 Å². The molecule has 0 aliphatic carbocycles. The third-order valence-corrected chi connectivity index (χ3v) is 2.56. The first-order valence-corrected chi connectivity index (χ1v) is 7.24. The highest BCUT2D eigenvalue weighted by Crippen LogP contribution is 2.05. The van der Waals surface area contributed by atoms with Crippen LogP contribution >= 0.6 is 0 Å². The van der Waals surface area contributed by atoms with Crippen molar-refractivity contribution in [2.45, 2.75) is 47.5 Å². The van der Waals surface area contributed by atoms with Crippen LogP contribution in [0.3, 0.4) is 0 Å². The van der Waals surface area contributed by atoms with E-state index in [-0.39, 0.29) is 24.6 Å². The third kappa shape index (κ3) is 10.7. The molecule has 112 valence electrons. The number of nitrogens with zero attached hydrogens (tertiary/aromatic N) is 1. The van der Waals surface area contributed by atoms with Crippen LogP contribution in [0.15, 0.2) is 0 Å². The van der Waals surface area contributed by atoms with Gasteiger partial charge in [0.05, 0.1) is 19.6 Å². The molecule has 0 aliphatic heterocycles. The first-order chi connectivity index (χ1) is 8.85. The second-order valence-corrected chi connectivity index (χ2v) is 5.83. The number of hydrogen-bond acceptors (Lipinski definition) is 4. The van der Waals surface area contributed by atoms with Crippen molar-refractivity contribution in [3.63, 3.8) is 0 Å². The Hall–Kier alpha value is -0.900. The third-order valence-electron chi connectivity index (χ3n) is 2.56. The number of rotatable bonds is 10. The van der Waals surface area contributed by atoms with Crippen LogP contribution in [0.5, 0.6) is 0 Å². The summed E-state index contributed by atoms with van der Waals surface area (Å²) in [5.41, 5.74) is 0. The van der Waals surface area contributed by atoms with Crippen molar-refractivity contribution in [2.24, 2.45) is 11.8 Å². The number of carbonyl (C=O) groups excluding carboxylic acids is 2. The van der Waals surface area contributed by atoms with E-state index in [1.807, 2.05) is 0 Å². The van der Waals surface area contributed by atoms with Gasteiger partial charge in [0.25, 0.3) is 0 Å². The summed E-state index contributed by atoms with van der Waals surface area (Å²) in [7, 11) is 0. The molecule has 0 amide bonds. The zero-order valence-corrected chi connectivity index (χ0v) is 13.1. The molecule has 0 heterocycles. The summed E-state index contributed by atoms with van der Waals surface area (Å²) < 4.78 is 4.82. The van der Waals surface area contributed by atoms with Crippen molar-refractivity contribution in [2.75, 3.05) is 26.2 Å². The average molecular weight is 271 g/mol. The smallest absolute Gasteiger partial charge is 0.306 e. The van der Waals surface area contributed by atoms with E-state index in [2.05, 4.69) is 32.6 Å². The topological polar surface area (TPSA) is 46.6 Å². The normalized spacial score (nSPS) is 11.4. The van der Waals surface area contributed by atoms with Crippen LogP contribution in [0.25, 0.3) is 0 Å². The van der Waals surface area contributed by atoms with Crippen LogP contribution in [0.4, 0.5) is 0 Å². The van der Waals surface area contributed by atoms with Gasteiger partial charge in [0.2, 0.25) is 0 Å². The van der Waals surface area contributed by atoms with Gasteiger partial charge in [0.1, 0.15) is 5.78 Å². The molecule has 0 N–H and O–H groups in total. The van der Waals surface area contributed by atoms with Crippen LogP contribution in [0.1, 0.15) is 47.5 Å². The Morgan fingerprint density at radius 2 is 1.53 bits per heavy atom. The van der Waals surface area contributed by atoms with Gasteiger partial charge in [-0.15, -0.1) is 0 Å². The number of esters is 1. The first-order valence-electron chi connectivity index (χ1n) is 7.24. The molecule has 19 heavy (non-hydrogen) atoms. The van der Waals surface area contributed by atoms with Crippen molar-refractivity contribution in [3.05, 3.63) is 0 Å². The molecular weight excluding hydrogens is 242 g/mol. The minimum absolute atomic E-state index is 0.120. The Morgan fingerprint density at radius 1 is 1.00 bits per heavy atom. The van der Waals surface area contributed by atoms with E-state index in [4.69, 9.17) is 4.74 Å². The maximum Gasteiger partial charge on any atom is 0.306 e. The molecule has 0 aromatic carbocycles. The lowest BCUT2D eigenvalue weighted by atomic mass is 10.1. The molecule has 0 aromatic heterocycles. The van der Waals surface area contributed by atoms with E-state index in [0.717, 1.165) is 13.1 Å². The van der Waals surface area contributed by atoms with E-state index in [1.165, 1.54) is 0 Å². The molecule has 0 unspecified atom stereocenters. The Bertz CT molecular complexity index is 265. The van der Waals surface area contributed by atoms with Crippen molar-refractivity contribution in [1.82, 2.24) is 4.90 Å². The molecule has 0 aliphatic rings. The lowest BCUT2D eigenvalue weighted by Crippen LogP contribution is -2.36. The van der Waals surface area contributed by atoms with Crippen LogP contribution in [-0.2, 0) is 14.3 Å². The lowest BCUT2D eigenvalue weighted by molar-refractivity contribution is -0.144. The molecule has 0 saturated carbocycles. The lowest BCUT2D eigenvalue weighted by Gasteiger charge is -2.25. The van der Waals surface area contributed by atoms with Gasteiger partial charge in [0.15, 0.2) is 0 Å². The highest BCUT2D eigenvalue weighted by molar-refractivity contribution is 5.84. The molecule has 0 rings (SSSR count). The van der Waals surface area contributed by atoms with Gasteiger partial charge in [-0.25, -0.2) is 0 Å².